The second-order valence-corrected chi connectivity index (χ2v) is 3.52. The van der Waals surface area contributed by atoms with Crippen LogP contribution in [0.4, 0.5) is 0 Å². The molecule has 0 aliphatic carbocycles. The van der Waals surface area contributed by atoms with Gasteiger partial charge in [0.15, 0.2) is 0 Å². The van der Waals surface area contributed by atoms with Crippen LogP contribution in [0.3, 0.4) is 0 Å². The maximum Gasteiger partial charge on any atom is 0.0648 e. The van der Waals surface area contributed by atoms with Crippen LogP contribution in [-0.4, -0.2) is 9.78 Å². The summed E-state index contributed by atoms with van der Waals surface area (Å²) in [6.07, 6.45) is 4.96. The van der Waals surface area contributed by atoms with Gasteiger partial charge in [0, 0.05) is 12.7 Å². The Kier molecular flexibility index (Phi) is 2.83. The summed E-state index contributed by atoms with van der Waals surface area (Å²) >= 11 is 0. The Hall–Kier alpha value is -1.61. The van der Waals surface area contributed by atoms with E-state index in [1.165, 1.54) is 5.56 Å². The van der Waals surface area contributed by atoms with Crippen molar-refractivity contribution in [1.29, 1.82) is 0 Å². The average Bonchev–Trinajstić information content (AvgIpc) is 2.78. The van der Waals surface area contributed by atoms with Crippen molar-refractivity contribution in [2.45, 2.75) is 19.9 Å². The van der Waals surface area contributed by atoms with Gasteiger partial charge in [-0.3, -0.25) is 0 Å². The lowest BCUT2D eigenvalue weighted by Gasteiger charge is -2.03. The third kappa shape index (κ3) is 2.07. The molecule has 0 saturated carbocycles. The van der Waals surface area contributed by atoms with E-state index in [9.17, 15) is 0 Å². The van der Waals surface area contributed by atoms with Crippen molar-refractivity contribution in [3.05, 3.63) is 47.8 Å². The molecule has 0 radical (unpaired) electrons. The number of rotatable bonds is 3. The Morgan fingerprint density at radius 2 is 2.20 bits per heavy atom. The second kappa shape index (κ2) is 4.28. The highest BCUT2D eigenvalue weighted by molar-refractivity contribution is 5.35. The molecule has 0 amide bonds. The monoisotopic (exact) mass is 201 g/mol. The smallest absolute Gasteiger partial charge is 0.0648 e. The van der Waals surface area contributed by atoms with Gasteiger partial charge in [0.25, 0.3) is 0 Å². The minimum Gasteiger partial charge on any atom is -0.326 e. The largest absolute Gasteiger partial charge is 0.326 e. The van der Waals surface area contributed by atoms with Crippen molar-refractivity contribution in [2.24, 2.45) is 5.73 Å². The highest BCUT2D eigenvalue weighted by Crippen LogP contribution is 2.10. The van der Waals surface area contributed by atoms with Gasteiger partial charge in [0.05, 0.1) is 11.9 Å². The molecule has 78 valence electrons. The first-order valence-electron chi connectivity index (χ1n) is 5.16. The molecule has 0 spiro atoms. The van der Waals surface area contributed by atoms with Crippen LogP contribution in [0.1, 0.15) is 18.1 Å². The van der Waals surface area contributed by atoms with Crippen molar-refractivity contribution in [3.63, 3.8) is 0 Å². The lowest BCUT2D eigenvalue weighted by Crippen LogP contribution is -1.99. The molecule has 0 atom stereocenters. The summed E-state index contributed by atoms with van der Waals surface area (Å²) in [6, 6.07) is 8.12. The number of benzene rings is 1. The van der Waals surface area contributed by atoms with Crippen molar-refractivity contribution in [2.75, 3.05) is 0 Å². The Morgan fingerprint density at radius 1 is 1.33 bits per heavy atom. The van der Waals surface area contributed by atoms with E-state index in [-0.39, 0.29) is 0 Å². The molecule has 15 heavy (non-hydrogen) atoms. The summed E-state index contributed by atoms with van der Waals surface area (Å²) in [5.74, 6) is 0. The zero-order valence-corrected chi connectivity index (χ0v) is 8.85. The molecule has 1 aromatic carbocycles. The minimum atomic E-state index is 0.565. The summed E-state index contributed by atoms with van der Waals surface area (Å²) in [7, 11) is 0. The second-order valence-electron chi connectivity index (χ2n) is 3.52. The quantitative estimate of drug-likeness (QED) is 0.824. The molecular weight excluding hydrogens is 186 g/mol. The molecule has 2 aromatic rings. The fourth-order valence-electron chi connectivity index (χ4n) is 1.51. The molecular formula is C12H15N3. The van der Waals surface area contributed by atoms with Gasteiger partial charge in [-0.2, -0.15) is 5.10 Å². The van der Waals surface area contributed by atoms with Crippen LogP contribution in [0.5, 0.6) is 0 Å². The van der Waals surface area contributed by atoms with Crippen molar-refractivity contribution < 1.29 is 0 Å². The van der Waals surface area contributed by atoms with Gasteiger partial charge < -0.3 is 5.73 Å². The van der Waals surface area contributed by atoms with Crippen LogP contribution in [0.15, 0.2) is 36.7 Å². The van der Waals surface area contributed by atoms with Gasteiger partial charge in [-0.25, -0.2) is 4.68 Å². The zero-order chi connectivity index (χ0) is 10.7. The minimum absolute atomic E-state index is 0.565. The highest BCUT2D eigenvalue weighted by atomic mass is 15.3. The number of aromatic nitrogens is 2. The molecule has 0 bridgehead atoms. The van der Waals surface area contributed by atoms with Crippen LogP contribution in [-0.2, 0) is 13.0 Å². The number of hydrogen-bond donors (Lipinski definition) is 1. The maximum atomic E-state index is 5.60. The van der Waals surface area contributed by atoms with Crippen LogP contribution < -0.4 is 5.73 Å². The average molecular weight is 201 g/mol. The SMILES string of the molecule is CCc1cnn(-c2cccc(CN)c2)c1. The molecule has 0 aliphatic rings. The van der Waals surface area contributed by atoms with Crippen LogP contribution in [0.2, 0.25) is 0 Å². The normalized spacial score (nSPS) is 10.5. The number of nitrogens with zero attached hydrogens (tertiary/aromatic N) is 2. The molecule has 0 unspecified atom stereocenters. The number of aryl methyl sites for hydroxylation is 1. The Balaban J connectivity index is 2.35. The predicted octanol–water partition coefficient (Wildman–Crippen LogP) is 1.89. The van der Waals surface area contributed by atoms with Gasteiger partial charge in [-0.15, -0.1) is 0 Å². The third-order valence-corrected chi connectivity index (χ3v) is 2.46. The van der Waals surface area contributed by atoms with E-state index in [0.29, 0.717) is 6.54 Å². The van der Waals surface area contributed by atoms with Crippen LogP contribution >= 0.6 is 0 Å². The first-order valence-corrected chi connectivity index (χ1v) is 5.16. The van der Waals surface area contributed by atoms with E-state index in [2.05, 4.69) is 24.3 Å². The lowest BCUT2D eigenvalue weighted by atomic mass is 10.2. The standard InChI is InChI=1S/C12H15N3/c1-2-10-8-14-15(9-10)12-5-3-4-11(6-12)7-13/h3-6,8-9H,2,7,13H2,1H3. The summed E-state index contributed by atoms with van der Waals surface area (Å²) in [5.41, 5.74) is 9.04. The molecule has 1 heterocycles. The Labute approximate surface area is 89.5 Å². The topological polar surface area (TPSA) is 43.8 Å². The molecule has 3 nitrogen and oxygen atoms in total. The van der Waals surface area contributed by atoms with E-state index < -0.39 is 0 Å². The van der Waals surface area contributed by atoms with Crippen LogP contribution in [0, 0.1) is 0 Å². The molecule has 0 saturated heterocycles. The fourth-order valence-corrected chi connectivity index (χ4v) is 1.51. The molecule has 2 N–H and O–H groups in total. The highest BCUT2D eigenvalue weighted by Gasteiger charge is 1.99. The fraction of sp³-hybridized carbons (Fsp3) is 0.250. The first-order chi connectivity index (χ1) is 7.33. The van der Waals surface area contributed by atoms with E-state index in [1.807, 2.05) is 29.1 Å². The summed E-state index contributed by atoms with van der Waals surface area (Å²) < 4.78 is 1.89. The van der Waals surface area contributed by atoms with Crippen molar-refractivity contribution in [1.82, 2.24) is 9.78 Å². The number of nitrogens with two attached hydrogens (primary N) is 1. The van der Waals surface area contributed by atoms with Gasteiger partial charge in [0.1, 0.15) is 0 Å². The lowest BCUT2D eigenvalue weighted by molar-refractivity contribution is 0.875. The molecule has 0 aliphatic heterocycles. The van der Waals surface area contributed by atoms with E-state index >= 15 is 0 Å². The van der Waals surface area contributed by atoms with Gasteiger partial charge in [-0.1, -0.05) is 19.1 Å². The summed E-state index contributed by atoms with van der Waals surface area (Å²) in [4.78, 5) is 0. The van der Waals surface area contributed by atoms with Gasteiger partial charge in [-0.05, 0) is 29.7 Å². The predicted molar refractivity (Wildman–Crippen MR) is 60.8 cm³/mol. The molecule has 0 fully saturated rings. The number of hydrogen-bond acceptors (Lipinski definition) is 2. The van der Waals surface area contributed by atoms with Gasteiger partial charge in [0.2, 0.25) is 0 Å². The Morgan fingerprint density at radius 3 is 2.87 bits per heavy atom. The molecule has 2 rings (SSSR count). The zero-order valence-electron chi connectivity index (χ0n) is 8.85. The molecule has 3 heteroatoms. The maximum absolute atomic E-state index is 5.60. The van der Waals surface area contributed by atoms with Crippen molar-refractivity contribution in [3.8, 4) is 5.69 Å². The van der Waals surface area contributed by atoms with E-state index in [1.54, 1.807) is 0 Å². The van der Waals surface area contributed by atoms with Gasteiger partial charge >= 0.3 is 0 Å². The third-order valence-electron chi connectivity index (χ3n) is 2.46. The van der Waals surface area contributed by atoms with E-state index in [0.717, 1.165) is 17.7 Å². The summed E-state index contributed by atoms with van der Waals surface area (Å²) in [5, 5.41) is 4.31. The molecule has 1 aromatic heterocycles. The van der Waals surface area contributed by atoms with Crippen molar-refractivity contribution >= 4 is 0 Å². The Bertz CT molecular complexity index is 446. The summed E-state index contributed by atoms with van der Waals surface area (Å²) in [6.45, 7) is 2.69. The van der Waals surface area contributed by atoms with Crippen LogP contribution in [0.25, 0.3) is 5.69 Å². The van der Waals surface area contributed by atoms with E-state index in [4.69, 9.17) is 5.73 Å². The first kappa shape index (κ1) is 9.93.